The lowest BCUT2D eigenvalue weighted by Gasteiger charge is -2.30. The SMILES string of the molecule is CCN(CC(C)C)C(=O)C1CCCN1C(=O)c1cc(Cl)cc(Cl)c1. The summed E-state index contributed by atoms with van der Waals surface area (Å²) in [6.45, 7) is 8.08. The number of nitrogens with zero attached hydrogens (tertiary/aromatic N) is 2. The summed E-state index contributed by atoms with van der Waals surface area (Å²) < 4.78 is 0. The molecular weight excluding hydrogens is 347 g/mol. The van der Waals surface area contributed by atoms with Gasteiger partial charge in [-0.3, -0.25) is 9.59 Å². The summed E-state index contributed by atoms with van der Waals surface area (Å²) in [6.07, 6.45) is 1.53. The maximum atomic E-state index is 12.9. The number of halogens is 2. The first-order valence-corrected chi connectivity index (χ1v) is 9.15. The van der Waals surface area contributed by atoms with Gasteiger partial charge >= 0.3 is 0 Å². The molecule has 0 aromatic heterocycles. The van der Waals surface area contributed by atoms with Crippen LogP contribution in [-0.4, -0.2) is 47.3 Å². The third-order valence-electron chi connectivity index (χ3n) is 4.19. The Bertz CT molecular complexity index is 599. The average Bonchev–Trinajstić information content (AvgIpc) is 2.99. The second-order valence-electron chi connectivity index (χ2n) is 6.59. The van der Waals surface area contributed by atoms with Crippen molar-refractivity contribution >= 4 is 35.0 Å². The number of carbonyl (C=O) groups is 2. The van der Waals surface area contributed by atoms with Crippen LogP contribution in [0.25, 0.3) is 0 Å². The number of likely N-dealkylation sites (tertiary alicyclic amines) is 1. The number of likely N-dealkylation sites (N-methyl/N-ethyl adjacent to an activating group) is 1. The Morgan fingerprint density at radius 3 is 2.42 bits per heavy atom. The molecule has 0 N–H and O–H groups in total. The van der Waals surface area contributed by atoms with E-state index in [9.17, 15) is 9.59 Å². The number of amides is 2. The van der Waals surface area contributed by atoms with E-state index < -0.39 is 6.04 Å². The molecule has 0 aliphatic carbocycles. The van der Waals surface area contributed by atoms with Gasteiger partial charge in [0.25, 0.3) is 5.91 Å². The second-order valence-corrected chi connectivity index (χ2v) is 7.46. The normalized spacial score (nSPS) is 17.4. The molecule has 1 aromatic rings. The second kappa shape index (κ2) is 8.21. The lowest BCUT2D eigenvalue weighted by molar-refractivity contribution is -0.135. The van der Waals surface area contributed by atoms with Gasteiger partial charge in [-0.25, -0.2) is 0 Å². The Labute approximate surface area is 153 Å². The zero-order chi connectivity index (χ0) is 17.9. The molecule has 1 saturated heterocycles. The van der Waals surface area contributed by atoms with E-state index in [1.165, 1.54) is 0 Å². The van der Waals surface area contributed by atoms with Gasteiger partial charge in [-0.1, -0.05) is 37.0 Å². The van der Waals surface area contributed by atoms with E-state index in [0.717, 1.165) is 6.42 Å². The molecule has 6 heteroatoms. The van der Waals surface area contributed by atoms with Gasteiger partial charge in [0, 0.05) is 35.2 Å². The number of carbonyl (C=O) groups excluding carboxylic acids is 2. The van der Waals surface area contributed by atoms with Crippen LogP contribution >= 0.6 is 23.2 Å². The van der Waals surface area contributed by atoms with Crippen molar-refractivity contribution in [2.75, 3.05) is 19.6 Å². The van der Waals surface area contributed by atoms with Gasteiger partial charge in [-0.05, 0) is 43.9 Å². The highest BCUT2D eigenvalue weighted by Gasteiger charge is 2.36. The maximum Gasteiger partial charge on any atom is 0.254 e. The van der Waals surface area contributed by atoms with Crippen molar-refractivity contribution in [2.24, 2.45) is 5.92 Å². The molecular formula is C18H24Cl2N2O2. The van der Waals surface area contributed by atoms with Crippen LogP contribution in [0.3, 0.4) is 0 Å². The molecule has 2 rings (SSSR count). The first kappa shape index (κ1) is 19.1. The summed E-state index contributed by atoms with van der Waals surface area (Å²) >= 11 is 12.0. The van der Waals surface area contributed by atoms with Gasteiger partial charge in [-0.15, -0.1) is 0 Å². The van der Waals surface area contributed by atoms with Crippen molar-refractivity contribution in [1.29, 1.82) is 0 Å². The highest BCUT2D eigenvalue weighted by Crippen LogP contribution is 2.25. The summed E-state index contributed by atoms with van der Waals surface area (Å²) in [5.41, 5.74) is 0.430. The van der Waals surface area contributed by atoms with Crippen LogP contribution in [0.5, 0.6) is 0 Å². The quantitative estimate of drug-likeness (QED) is 0.782. The Morgan fingerprint density at radius 1 is 1.25 bits per heavy atom. The topological polar surface area (TPSA) is 40.6 Å². The van der Waals surface area contributed by atoms with Gasteiger partial charge in [0.15, 0.2) is 0 Å². The molecule has 24 heavy (non-hydrogen) atoms. The molecule has 1 aromatic carbocycles. The fraction of sp³-hybridized carbons (Fsp3) is 0.556. The van der Waals surface area contributed by atoms with Crippen molar-refractivity contribution in [2.45, 2.75) is 39.7 Å². The maximum absolute atomic E-state index is 12.9. The van der Waals surface area contributed by atoms with Crippen LogP contribution in [0.15, 0.2) is 18.2 Å². The van der Waals surface area contributed by atoms with Gasteiger partial charge in [-0.2, -0.15) is 0 Å². The molecule has 1 atom stereocenters. The van der Waals surface area contributed by atoms with E-state index in [4.69, 9.17) is 23.2 Å². The minimum absolute atomic E-state index is 0.0326. The van der Waals surface area contributed by atoms with E-state index in [2.05, 4.69) is 13.8 Å². The molecule has 1 aliphatic rings. The summed E-state index contributed by atoms with van der Waals surface area (Å²) in [7, 11) is 0. The number of benzene rings is 1. The summed E-state index contributed by atoms with van der Waals surface area (Å²) in [6, 6.07) is 4.39. The average molecular weight is 371 g/mol. The molecule has 1 unspecified atom stereocenters. The number of hydrogen-bond donors (Lipinski definition) is 0. The first-order valence-electron chi connectivity index (χ1n) is 8.39. The minimum Gasteiger partial charge on any atom is -0.341 e. The summed E-state index contributed by atoms with van der Waals surface area (Å²) in [5.74, 6) is 0.243. The molecule has 2 amide bonds. The van der Waals surface area contributed by atoms with Crippen LogP contribution in [0, 0.1) is 5.92 Å². The van der Waals surface area contributed by atoms with Crippen LogP contribution < -0.4 is 0 Å². The Morgan fingerprint density at radius 2 is 1.88 bits per heavy atom. The van der Waals surface area contributed by atoms with Crippen LogP contribution in [0.2, 0.25) is 10.0 Å². The van der Waals surface area contributed by atoms with Crippen LogP contribution in [-0.2, 0) is 4.79 Å². The van der Waals surface area contributed by atoms with Gasteiger partial charge in [0.2, 0.25) is 5.91 Å². The zero-order valence-corrected chi connectivity index (χ0v) is 15.9. The van der Waals surface area contributed by atoms with Gasteiger partial charge < -0.3 is 9.80 Å². The molecule has 1 fully saturated rings. The fourth-order valence-corrected chi connectivity index (χ4v) is 3.66. The van der Waals surface area contributed by atoms with Crippen LogP contribution in [0.4, 0.5) is 0 Å². The summed E-state index contributed by atoms with van der Waals surface area (Å²) in [5, 5.41) is 0.839. The van der Waals surface area contributed by atoms with E-state index in [-0.39, 0.29) is 11.8 Å². The number of hydrogen-bond acceptors (Lipinski definition) is 2. The third kappa shape index (κ3) is 4.42. The van der Waals surface area contributed by atoms with Crippen molar-refractivity contribution in [1.82, 2.24) is 9.80 Å². The smallest absolute Gasteiger partial charge is 0.254 e. The van der Waals surface area contributed by atoms with E-state index in [1.54, 1.807) is 23.1 Å². The molecule has 1 heterocycles. The van der Waals surface area contributed by atoms with Crippen LogP contribution in [0.1, 0.15) is 44.0 Å². The molecule has 0 radical (unpaired) electrons. The Balaban J connectivity index is 2.20. The molecule has 0 spiro atoms. The largest absolute Gasteiger partial charge is 0.341 e. The van der Waals surface area contributed by atoms with Gasteiger partial charge in [0.05, 0.1) is 0 Å². The van der Waals surface area contributed by atoms with Crippen molar-refractivity contribution in [3.05, 3.63) is 33.8 Å². The molecule has 1 aliphatic heterocycles. The Hall–Kier alpha value is -1.26. The molecule has 0 saturated carbocycles. The molecule has 4 nitrogen and oxygen atoms in total. The highest BCUT2D eigenvalue weighted by atomic mass is 35.5. The number of rotatable bonds is 5. The third-order valence-corrected chi connectivity index (χ3v) is 4.62. The molecule has 0 bridgehead atoms. The standard InChI is InChI=1S/C18H24Cl2N2O2/c1-4-21(11-12(2)3)18(24)16-6-5-7-22(16)17(23)13-8-14(19)10-15(20)9-13/h8-10,12,16H,4-7,11H2,1-3H3. The monoisotopic (exact) mass is 370 g/mol. The van der Waals surface area contributed by atoms with Crippen molar-refractivity contribution in [3.63, 3.8) is 0 Å². The van der Waals surface area contributed by atoms with Gasteiger partial charge in [0.1, 0.15) is 6.04 Å². The molecule has 132 valence electrons. The fourth-order valence-electron chi connectivity index (χ4n) is 3.14. The lowest BCUT2D eigenvalue weighted by atomic mass is 10.1. The van der Waals surface area contributed by atoms with E-state index in [0.29, 0.717) is 47.6 Å². The predicted octanol–water partition coefficient (Wildman–Crippen LogP) is 4.10. The van der Waals surface area contributed by atoms with Crippen molar-refractivity contribution in [3.8, 4) is 0 Å². The van der Waals surface area contributed by atoms with E-state index in [1.807, 2.05) is 11.8 Å². The predicted molar refractivity (Wildman–Crippen MR) is 97.6 cm³/mol. The minimum atomic E-state index is -0.394. The zero-order valence-electron chi connectivity index (χ0n) is 14.4. The summed E-state index contributed by atoms with van der Waals surface area (Å²) in [4.78, 5) is 29.2. The first-order chi connectivity index (χ1) is 11.3. The highest BCUT2D eigenvalue weighted by molar-refractivity contribution is 6.35. The Kier molecular flexibility index (Phi) is 6.53. The van der Waals surface area contributed by atoms with Crippen molar-refractivity contribution < 1.29 is 9.59 Å². The lowest BCUT2D eigenvalue weighted by Crippen LogP contribution is -2.48. The van der Waals surface area contributed by atoms with E-state index >= 15 is 0 Å².